The summed E-state index contributed by atoms with van der Waals surface area (Å²) in [5.41, 5.74) is 5.93. The van der Waals surface area contributed by atoms with Gasteiger partial charge < -0.3 is 10.4 Å². The van der Waals surface area contributed by atoms with E-state index in [2.05, 4.69) is 42.6 Å². The van der Waals surface area contributed by atoms with Crippen molar-refractivity contribution in [3.63, 3.8) is 0 Å². The minimum Gasteiger partial charge on any atom is -0.478 e. The van der Waals surface area contributed by atoms with E-state index in [1.165, 1.54) is 11.1 Å². The lowest BCUT2D eigenvalue weighted by molar-refractivity contribution is 0.0696. The zero-order valence-corrected chi connectivity index (χ0v) is 21.3. The second kappa shape index (κ2) is 10.8. The highest BCUT2D eigenvalue weighted by Gasteiger charge is 2.29. The minimum absolute atomic E-state index is 0. The first-order chi connectivity index (χ1) is 16.9. The van der Waals surface area contributed by atoms with Gasteiger partial charge in [-0.15, -0.1) is 12.4 Å². The van der Waals surface area contributed by atoms with Crippen LogP contribution >= 0.6 is 12.4 Å². The SMILES string of the molecule is Cc1ccc(C2C[C@H](CN[C@H](C)c3ccc(F)c4ccccc34)Cc3ccccc32)cc1C(=O)O.Cl. The zero-order valence-electron chi connectivity index (χ0n) is 20.5. The molecule has 0 aliphatic heterocycles. The predicted molar refractivity (Wildman–Crippen MR) is 146 cm³/mol. The van der Waals surface area contributed by atoms with Crippen LogP contribution in [-0.2, 0) is 6.42 Å². The Hall–Kier alpha value is -3.21. The fourth-order valence-corrected chi connectivity index (χ4v) is 5.59. The van der Waals surface area contributed by atoms with E-state index in [1.54, 1.807) is 6.07 Å². The predicted octanol–water partition coefficient (Wildman–Crippen LogP) is 7.45. The molecule has 4 aromatic rings. The molecule has 0 bridgehead atoms. The molecule has 3 nitrogen and oxygen atoms in total. The summed E-state index contributed by atoms with van der Waals surface area (Å²) in [5.74, 6) is -0.514. The summed E-state index contributed by atoms with van der Waals surface area (Å²) >= 11 is 0. The standard InChI is InChI=1S/C31H30FNO2.ClH/c1-19-11-12-23(17-28(19)31(34)35)29-16-21(15-22-7-3-4-8-25(22)29)18-33-20(2)24-13-14-30(32)27-10-6-5-9-26(24)27;/h3-14,17,20-21,29,33H,15-16,18H2,1-2H3,(H,34,35);1H/t20-,21-,29?;/m1./s1. The number of fused-ring (bicyclic) bond motifs is 2. The summed E-state index contributed by atoms with van der Waals surface area (Å²) in [6, 6.07) is 25.5. The lowest BCUT2D eigenvalue weighted by Crippen LogP contribution is -2.31. The maximum absolute atomic E-state index is 14.3. The lowest BCUT2D eigenvalue weighted by atomic mass is 9.73. The monoisotopic (exact) mass is 503 g/mol. The molecule has 186 valence electrons. The van der Waals surface area contributed by atoms with Gasteiger partial charge >= 0.3 is 5.97 Å². The molecule has 0 heterocycles. The van der Waals surface area contributed by atoms with Crippen molar-refractivity contribution >= 4 is 29.1 Å². The quantitative estimate of drug-likeness (QED) is 0.287. The molecule has 0 saturated carbocycles. The largest absolute Gasteiger partial charge is 0.478 e. The molecule has 0 fully saturated rings. The molecule has 0 spiro atoms. The van der Waals surface area contributed by atoms with Crippen LogP contribution in [0, 0.1) is 18.7 Å². The smallest absolute Gasteiger partial charge is 0.335 e. The van der Waals surface area contributed by atoms with Gasteiger partial charge in [-0.3, -0.25) is 0 Å². The molecule has 1 aliphatic rings. The molecule has 3 atom stereocenters. The van der Waals surface area contributed by atoms with Crippen LogP contribution in [-0.4, -0.2) is 17.6 Å². The molecular weight excluding hydrogens is 473 g/mol. The van der Waals surface area contributed by atoms with Gasteiger partial charge in [0.25, 0.3) is 0 Å². The van der Waals surface area contributed by atoms with Gasteiger partial charge in [0.05, 0.1) is 5.56 Å². The number of aryl methyl sites for hydroxylation is 1. The van der Waals surface area contributed by atoms with Crippen LogP contribution in [0.25, 0.3) is 10.8 Å². The van der Waals surface area contributed by atoms with Gasteiger partial charge in [0.15, 0.2) is 0 Å². The van der Waals surface area contributed by atoms with Gasteiger partial charge in [0, 0.05) is 17.3 Å². The Morgan fingerprint density at radius 1 is 1.03 bits per heavy atom. The Labute approximate surface area is 217 Å². The normalized spacial score (nSPS) is 17.8. The van der Waals surface area contributed by atoms with Crippen LogP contribution in [0.4, 0.5) is 4.39 Å². The number of hydrogen-bond acceptors (Lipinski definition) is 2. The molecule has 4 aromatic carbocycles. The highest BCUT2D eigenvalue weighted by molar-refractivity contribution is 5.89. The van der Waals surface area contributed by atoms with E-state index in [-0.39, 0.29) is 30.2 Å². The molecular formula is C31H31ClFNO2. The van der Waals surface area contributed by atoms with Gasteiger partial charge in [-0.05, 0) is 84.5 Å². The molecule has 0 radical (unpaired) electrons. The number of rotatable bonds is 6. The van der Waals surface area contributed by atoms with Crippen molar-refractivity contribution in [1.82, 2.24) is 5.32 Å². The third-order valence-electron chi connectivity index (χ3n) is 7.49. The zero-order chi connectivity index (χ0) is 24.5. The Kier molecular flexibility index (Phi) is 7.77. The first-order valence-electron chi connectivity index (χ1n) is 12.2. The Morgan fingerprint density at radius 3 is 2.53 bits per heavy atom. The van der Waals surface area contributed by atoms with Gasteiger partial charge in [0.2, 0.25) is 0 Å². The second-order valence-electron chi connectivity index (χ2n) is 9.75. The van der Waals surface area contributed by atoms with E-state index < -0.39 is 5.97 Å². The Morgan fingerprint density at radius 2 is 1.75 bits per heavy atom. The highest BCUT2D eigenvalue weighted by atomic mass is 35.5. The highest BCUT2D eigenvalue weighted by Crippen LogP contribution is 2.40. The number of carbonyl (C=O) groups is 1. The van der Waals surface area contributed by atoms with Crippen LogP contribution in [0.2, 0.25) is 0 Å². The number of nitrogens with one attached hydrogen (secondary N) is 1. The third kappa shape index (κ3) is 5.02. The fraction of sp³-hybridized carbons (Fsp3) is 0.258. The van der Waals surface area contributed by atoms with Crippen molar-refractivity contribution < 1.29 is 14.3 Å². The van der Waals surface area contributed by atoms with Crippen molar-refractivity contribution in [1.29, 1.82) is 0 Å². The van der Waals surface area contributed by atoms with Crippen LogP contribution in [0.3, 0.4) is 0 Å². The van der Waals surface area contributed by atoms with Gasteiger partial charge in [-0.25, -0.2) is 9.18 Å². The molecule has 2 N–H and O–H groups in total. The number of halogens is 2. The first-order valence-corrected chi connectivity index (χ1v) is 12.2. The Balaban J connectivity index is 0.00000304. The van der Waals surface area contributed by atoms with E-state index in [9.17, 15) is 14.3 Å². The number of benzene rings is 4. The summed E-state index contributed by atoms with van der Waals surface area (Å²) in [6.45, 7) is 4.80. The summed E-state index contributed by atoms with van der Waals surface area (Å²) < 4.78 is 14.3. The maximum Gasteiger partial charge on any atom is 0.335 e. The van der Waals surface area contributed by atoms with E-state index in [4.69, 9.17) is 0 Å². The first kappa shape index (κ1) is 25.9. The van der Waals surface area contributed by atoms with E-state index in [0.29, 0.717) is 16.9 Å². The summed E-state index contributed by atoms with van der Waals surface area (Å²) in [4.78, 5) is 11.8. The van der Waals surface area contributed by atoms with Crippen molar-refractivity contribution in [3.05, 3.63) is 118 Å². The molecule has 1 aliphatic carbocycles. The molecule has 5 rings (SSSR count). The topological polar surface area (TPSA) is 49.3 Å². The van der Waals surface area contributed by atoms with Crippen molar-refractivity contribution in [3.8, 4) is 0 Å². The summed E-state index contributed by atoms with van der Waals surface area (Å²) in [7, 11) is 0. The van der Waals surface area contributed by atoms with Gasteiger partial charge in [-0.1, -0.05) is 66.7 Å². The van der Waals surface area contributed by atoms with Crippen LogP contribution < -0.4 is 5.32 Å². The average Bonchev–Trinajstić information content (AvgIpc) is 2.87. The lowest BCUT2D eigenvalue weighted by Gasteiger charge is -2.33. The average molecular weight is 504 g/mol. The van der Waals surface area contributed by atoms with Crippen LogP contribution in [0.1, 0.15) is 63.5 Å². The van der Waals surface area contributed by atoms with Crippen LogP contribution in [0.15, 0.2) is 78.9 Å². The van der Waals surface area contributed by atoms with Crippen molar-refractivity contribution in [2.75, 3.05) is 6.54 Å². The van der Waals surface area contributed by atoms with E-state index >= 15 is 0 Å². The number of carboxylic acids is 1. The summed E-state index contributed by atoms with van der Waals surface area (Å²) in [6.07, 6.45) is 1.93. The minimum atomic E-state index is -0.882. The van der Waals surface area contributed by atoms with E-state index in [0.717, 1.165) is 41.5 Å². The van der Waals surface area contributed by atoms with Crippen LogP contribution in [0.5, 0.6) is 0 Å². The fourth-order valence-electron chi connectivity index (χ4n) is 5.59. The molecule has 1 unspecified atom stereocenters. The van der Waals surface area contributed by atoms with Gasteiger partial charge in [0.1, 0.15) is 5.82 Å². The van der Waals surface area contributed by atoms with Crippen molar-refractivity contribution in [2.45, 2.75) is 38.6 Å². The van der Waals surface area contributed by atoms with E-state index in [1.807, 2.05) is 49.4 Å². The molecule has 0 aromatic heterocycles. The Bertz CT molecular complexity index is 1400. The molecule has 36 heavy (non-hydrogen) atoms. The maximum atomic E-state index is 14.3. The van der Waals surface area contributed by atoms with Crippen molar-refractivity contribution in [2.24, 2.45) is 5.92 Å². The van der Waals surface area contributed by atoms with Gasteiger partial charge in [-0.2, -0.15) is 0 Å². The molecule has 5 heteroatoms. The number of hydrogen-bond donors (Lipinski definition) is 2. The number of aromatic carboxylic acids is 1. The third-order valence-corrected chi connectivity index (χ3v) is 7.49. The molecule has 0 amide bonds. The molecule has 0 saturated heterocycles. The summed E-state index contributed by atoms with van der Waals surface area (Å²) in [5, 5.41) is 14.9. The number of carboxylic acid groups (broad SMARTS) is 1. The second-order valence-corrected chi connectivity index (χ2v) is 9.75.